The van der Waals surface area contributed by atoms with Gasteiger partial charge in [-0.05, 0) is 42.3 Å². The van der Waals surface area contributed by atoms with Crippen molar-refractivity contribution in [2.45, 2.75) is 23.1 Å². The fourth-order valence-electron chi connectivity index (χ4n) is 3.02. The lowest BCUT2D eigenvalue weighted by molar-refractivity contribution is 0.102. The first-order valence-corrected chi connectivity index (χ1v) is 8.84. The lowest BCUT2D eigenvalue weighted by Crippen LogP contribution is -2.17. The average Bonchev–Trinajstić information content (AvgIpc) is 3.14. The normalized spacial score (nSPS) is 23.0. The minimum Gasteiger partial charge on any atom is -0.486 e. The molecule has 1 atom stereocenters. The van der Waals surface area contributed by atoms with E-state index in [0.717, 1.165) is 12.0 Å². The van der Waals surface area contributed by atoms with Gasteiger partial charge < -0.3 is 14.8 Å². The van der Waals surface area contributed by atoms with Crippen molar-refractivity contribution in [3.05, 3.63) is 53.6 Å². The number of carbonyl (C=O) groups is 1. The van der Waals surface area contributed by atoms with Gasteiger partial charge in [0.15, 0.2) is 11.5 Å². The zero-order valence-electron chi connectivity index (χ0n) is 13.6. The van der Waals surface area contributed by atoms with Crippen LogP contribution in [-0.4, -0.2) is 23.5 Å². The third kappa shape index (κ3) is 2.94. The summed E-state index contributed by atoms with van der Waals surface area (Å²) >= 11 is 12.4. The fourth-order valence-corrected chi connectivity index (χ4v) is 3.78. The number of carbonyl (C=O) groups excluding carboxylic acids is 1. The molecule has 130 valence electrons. The largest absolute Gasteiger partial charge is 0.486 e. The van der Waals surface area contributed by atoms with E-state index in [1.807, 2.05) is 31.2 Å². The summed E-state index contributed by atoms with van der Waals surface area (Å²) in [7, 11) is 0. The van der Waals surface area contributed by atoms with Crippen LogP contribution in [0.1, 0.15) is 29.3 Å². The lowest BCUT2D eigenvalue weighted by Gasteiger charge is -2.18. The minimum atomic E-state index is -0.705. The fraction of sp³-hybridized carbons (Fsp3) is 0.316. The number of amides is 1. The van der Waals surface area contributed by atoms with Crippen molar-refractivity contribution in [3.63, 3.8) is 0 Å². The maximum absolute atomic E-state index is 12.4. The minimum absolute atomic E-state index is 0.202. The summed E-state index contributed by atoms with van der Waals surface area (Å²) in [5, 5.41) is 2.88. The van der Waals surface area contributed by atoms with E-state index in [9.17, 15) is 4.79 Å². The quantitative estimate of drug-likeness (QED) is 0.798. The molecule has 1 aliphatic heterocycles. The van der Waals surface area contributed by atoms with Crippen LogP contribution in [0.4, 0.5) is 5.69 Å². The highest BCUT2D eigenvalue weighted by Gasteiger charge is 2.63. The Bertz CT molecular complexity index is 835. The second-order valence-corrected chi connectivity index (χ2v) is 8.09. The molecule has 0 aromatic heterocycles. The van der Waals surface area contributed by atoms with Gasteiger partial charge in [0.2, 0.25) is 0 Å². The highest BCUT2D eigenvalue weighted by atomic mass is 35.5. The summed E-state index contributed by atoms with van der Waals surface area (Å²) in [4.78, 5) is 12.4. The van der Waals surface area contributed by atoms with Crippen molar-refractivity contribution in [1.29, 1.82) is 0 Å². The van der Waals surface area contributed by atoms with Crippen LogP contribution in [0.2, 0.25) is 0 Å². The molecule has 4 rings (SSSR count). The molecule has 0 bridgehead atoms. The van der Waals surface area contributed by atoms with Crippen LogP contribution in [0, 0.1) is 0 Å². The third-order valence-electron chi connectivity index (χ3n) is 4.84. The van der Waals surface area contributed by atoms with E-state index >= 15 is 0 Å². The Balaban J connectivity index is 1.48. The van der Waals surface area contributed by atoms with E-state index in [-0.39, 0.29) is 11.3 Å². The number of halogens is 2. The SMILES string of the molecule is C[C@]1(c2ccc(NC(=O)c3ccc4c(c3)OCCO4)cc2)CC1(Cl)Cl. The van der Waals surface area contributed by atoms with Gasteiger partial charge in [-0.15, -0.1) is 23.2 Å². The van der Waals surface area contributed by atoms with Crippen molar-refractivity contribution in [2.24, 2.45) is 0 Å². The number of hydrogen-bond acceptors (Lipinski definition) is 3. The number of nitrogens with one attached hydrogen (secondary N) is 1. The molecule has 2 aliphatic rings. The zero-order valence-corrected chi connectivity index (χ0v) is 15.2. The Morgan fingerprint density at radius 1 is 1.04 bits per heavy atom. The molecule has 1 saturated carbocycles. The maximum atomic E-state index is 12.4. The molecule has 1 N–H and O–H groups in total. The smallest absolute Gasteiger partial charge is 0.255 e. The number of alkyl halides is 2. The first kappa shape index (κ1) is 16.6. The van der Waals surface area contributed by atoms with Crippen LogP contribution in [0.15, 0.2) is 42.5 Å². The molecular weight excluding hydrogens is 361 g/mol. The molecule has 6 heteroatoms. The van der Waals surface area contributed by atoms with Gasteiger partial charge in [-0.25, -0.2) is 0 Å². The van der Waals surface area contributed by atoms with E-state index in [1.54, 1.807) is 18.2 Å². The first-order valence-electron chi connectivity index (χ1n) is 8.08. The van der Waals surface area contributed by atoms with Gasteiger partial charge in [0.05, 0.1) is 0 Å². The summed E-state index contributed by atoms with van der Waals surface area (Å²) in [6.45, 7) is 3.05. The van der Waals surface area contributed by atoms with Gasteiger partial charge in [0.25, 0.3) is 5.91 Å². The van der Waals surface area contributed by atoms with Crippen LogP contribution >= 0.6 is 23.2 Å². The average molecular weight is 378 g/mol. The van der Waals surface area contributed by atoms with Gasteiger partial charge in [-0.2, -0.15) is 0 Å². The van der Waals surface area contributed by atoms with E-state index < -0.39 is 4.33 Å². The van der Waals surface area contributed by atoms with Gasteiger partial charge in [-0.3, -0.25) is 4.79 Å². The molecule has 0 saturated heterocycles. The molecule has 25 heavy (non-hydrogen) atoms. The summed E-state index contributed by atoms with van der Waals surface area (Å²) in [5.41, 5.74) is 2.06. The molecular formula is C19H17Cl2NO3. The number of ether oxygens (including phenoxy) is 2. The number of hydrogen-bond donors (Lipinski definition) is 1. The molecule has 1 heterocycles. The van der Waals surface area contributed by atoms with Crippen LogP contribution in [-0.2, 0) is 5.41 Å². The molecule has 2 aromatic carbocycles. The van der Waals surface area contributed by atoms with Gasteiger partial charge in [0.1, 0.15) is 17.5 Å². The molecule has 1 amide bonds. The molecule has 4 nitrogen and oxygen atoms in total. The van der Waals surface area contributed by atoms with E-state index in [0.29, 0.717) is 36.0 Å². The Morgan fingerprint density at radius 2 is 1.68 bits per heavy atom. The predicted molar refractivity (Wildman–Crippen MR) is 98.2 cm³/mol. The standard InChI is InChI=1S/C19H17Cl2NO3/c1-18(11-19(18,20)21)13-3-5-14(6-4-13)22-17(23)12-2-7-15-16(10-12)25-9-8-24-15/h2-7,10H,8-9,11H2,1H3,(H,22,23)/t18-/m1/s1. The van der Waals surface area contributed by atoms with Gasteiger partial charge >= 0.3 is 0 Å². The molecule has 1 fully saturated rings. The number of fused-ring (bicyclic) bond motifs is 1. The molecule has 0 radical (unpaired) electrons. The topological polar surface area (TPSA) is 47.6 Å². The van der Waals surface area contributed by atoms with Crippen molar-refractivity contribution >= 4 is 34.8 Å². The van der Waals surface area contributed by atoms with Crippen molar-refractivity contribution < 1.29 is 14.3 Å². The summed E-state index contributed by atoms with van der Waals surface area (Å²) in [6, 6.07) is 12.8. The van der Waals surface area contributed by atoms with Crippen LogP contribution in [0.3, 0.4) is 0 Å². The van der Waals surface area contributed by atoms with E-state index in [4.69, 9.17) is 32.7 Å². The molecule has 0 spiro atoms. The second-order valence-electron chi connectivity index (χ2n) is 6.60. The first-order chi connectivity index (χ1) is 11.9. The summed E-state index contributed by atoms with van der Waals surface area (Å²) < 4.78 is 10.3. The van der Waals surface area contributed by atoms with Crippen LogP contribution < -0.4 is 14.8 Å². The second kappa shape index (κ2) is 5.82. The van der Waals surface area contributed by atoms with Crippen LogP contribution in [0.25, 0.3) is 0 Å². The van der Waals surface area contributed by atoms with Gasteiger partial charge in [0, 0.05) is 16.7 Å². The Hall–Kier alpha value is -1.91. The number of rotatable bonds is 3. The predicted octanol–water partition coefficient (Wildman–Crippen LogP) is 4.55. The molecule has 0 unspecified atom stereocenters. The Labute approximate surface area is 156 Å². The number of benzene rings is 2. The summed E-state index contributed by atoms with van der Waals surface area (Å²) in [5.74, 6) is 1.05. The Kier molecular flexibility index (Phi) is 3.85. The Morgan fingerprint density at radius 3 is 2.32 bits per heavy atom. The van der Waals surface area contributed by atoms with Gasteiger partial charge in [-0.1, -0.05) is 19.1 Å². The monoisotopic (exact) mass is 377 g/mol. The van der Waals surface area contributed by atoms with Crippen molar-refractivity contribution in [1.82, 2.24) is 0 Å². The van der Waals surface area contributed by atoms with E-state index in [2.05, 4.69) is 5.32 Å². The lowest BCUT2D eigenvalue weighted by atomic mass is 9.98. The highest BCUT2D eigenvalue weighted by molar-refractivity contribution is 6.52. The van der Waals surface area contributed by atoms with Crippen molar-refractivity contribution in [2.75, 3.05) is 18.5 Å². The van der Waals surface area contributed by atoms with Crippen LogP contribution in [0.5, 0.6) is 11.5 Å². The third-order valence-corrected chi connectivity index (χ3v) is 5.94. The van der Waals surface area contributed by atoms with Crippen molar-refractivity contribution in [3.8, 4) is 11.5 Å². The zero-order chi connectivity index (χ0) is 17.7. The van der Waals surface area contributed by atoms with E-state index in [1.165, 1.54) is 0 Å². The molecule has 1 aliphatic carbocycles. The molecule has 2 aromatic rings. The highest BCUT2D eigenvalue weighted by Crippen LogP contribution is 2.64. The number of anilines is 1. The summed E-state index contributed by atoms with van der Waals surface area (Å²) in [6.07, 6.45) is 0.728. The maximum Gasteiger partial charge on any atom is 0.255 e.